The standard InChI is InChI=1S/C43H49F2N9O11S2/c1-3-50(2)67(61,62)49-36-9-7-34(44)40(33(36)23-46)64-30-5-8-35-32(21-30)41(57)54(26-47-35)29-22-43(63-25-29)13-18-52(19-14-43)39(56)24-51-15-10-27(11-16-51)31-6-4-28(20-37(31)65-66(45,59)60)53-17-12-38(55)48-42(53)58/h4-9,20-21,26-27,29,42,49,58H,3,10-19,22,24-25H2,1-2H3,(H,48,55)/t29-,42?/m1/s1. The first-order valence-electron chi connectivity index (χ1n) is 21.7. The highest BCUT2D eigenvalue weighted by Gasteiger charge is 2.44. The number of fused-ring (bicyclic) bond motifs is 1. The summed E-state index contributed by atoms with van der Waals surface area (Å²) < 4.78 is 99.2. The second kappa shape index (κ2) is 19.0. The van der Waals surface area contributed by atoms with Crippen molar-refractivity contribution in [2.75, 3.05) is 69.1 Å². The number of nitrogens with zero attached hydrogens (tertiary/aromatic N) is 7. The highest BCUT2D eigenvalue weighted by molar-refractivity contribution is 7.90. The topological polar surface area (TPSA) is 246 Å². The van der Waals surface area contributed by atoms with Crippen LogP contribution in [0.2, 0.25) is 0 Å². The van der Waals surface area contributed by atoms with Gasteiger partial charge in [-0.15, -0.1) is 0 Å². The van der Waals surface area contributed by atoms with Crippen LogP contribution in [0, 0.1) is 17.1 Å². The van der Waals surface area contributed by atoms with Crippen LogP contribution < -0.4 is 29.4 Å². The average Bonchev–Trinajstić information content (AvgIpc) is 3.69. The van der Waals surface area contributed by atoms with E-state index in [2.05, 4.69) is 15.0 Å². The Labute approximate surface area is 385 Å². The van der Waals surface area contributed by atoms with Gasteiger partial charge in [-0.2, -0.15) is 26.4 Å². The van der Waals surface area contributed by atoms with E-state index in [1.165, 1.54) is 47.1 Å². The number of amides is 2. The van der Waals surface area contributed by atoms with Crippen LogP contribution in [-0.4, -0.2) is 129 Å². The predicted octanol–water partition coefficient (Wildman–Crippen LogP) is 3.21. The fraction of sp³-hybridized carbons (Fsp3) is 0.465. The van der Waals surface area contributed by atoms with Gasteiger partial charge in [0.2, 0.25) is 18.2 Å². The van der Waals surface area contributed by atoms with Gasteiger partial charge in [0.1, 0.15) is 17.4 Å². The summed E-state index contributed by atoms with van der Waals surface area (Å²) in [5, 5.41) is 22.8. The largest absolute Gasteiger partial charge is 0.488 e. The van der Waals surface area contributed by atoms with Crippen molar-refractivity contribution in [1.82, 2.24) is 29.0 Å². The van der Waals surface area contributed by atoms with Gasteiger partial charge in [-0.05, 0) is 93.1 Å². The van der Waals surface area contributed by atoms with E-state index >= 15 is 4.39 Å². The van der Waals surface area contributed by atoms with Crippen molar-refractivity contribution in [1.29, 1.82) is 5.26 Å². The molecule has 3 aromatic carbocycles. The van der Waals surface area contributed by atoms with Crippen molar-refractivity contribution in [2.45, 2.75) is 69.4 Å². The normalized spacial score (nSPS) is 20.5. The lowest BCUT2D eigenvalue weighted by Gasteiger charge is -2.40. The molecule has 20 nitrogen and oxygen atoms in total. The molecule has 1 unspecified atom stereocenters. The summed E-state index contributed by atoms with van der Waals surface area (Å²) in [6, 6.07) is 12.5. The summed E-state index contributed by atoms with van der Waals surface area (Å²) in [6.45, 7) is 4.20. The zero-order valence-electron chi connectivity index (χ0n) is 36.6. The van der Waals surface area contributed by atoms with Crippen LogP contribution in [0.1, 0.15) is 68.5 Å². The third kappa shape index (κ3) is 10.3. The van der Waals surface area contributed by atoms with Gasteiger partial charge in [-0.25, -0.2) is 9.37 Å². The van der Waals surface area contributed by atoms with E-state index in [9.17, 15) is 45.5 Å². The molecular weight excluding hydrogens is 921 g/mol. The Balaban J connectivity index is 0.870. The molecule has 4 fully saturated rings. The number of likely N-dealkylation sites (tertiary alicyclic amines) is 2. The maximum atomic E-state index is 15.1. The summed E-state index contributed by atoms with van der Waals surface area (Å²) in [7, 11) is -8.08. The molecule has 1 aromatic heterocycles. The van der Waals surface area contributed by atoms with Gasteiger partial charge in [0, 0.05) is 51.4 Å². The Morgan fingerprint density at radius 3 is 2.51 bits per heavy atom. The number of rotatable bonds is 13. The third-order valence-corrected chi connectivity index (χ3v) is 14.9. The highest BCUT2D eigenvalue weighted by atomic mass is 32.3. The lowest BCUT2D eigenvalue weighted by Crippen LogP contribution is -2.54. The number of nitriles is 1. The molecule has 4 saturated heterocycles. The van der Waals surface area contributed by atoms with Crippen LogP contribution >= 0.6 is 0 Å². The molecule has 0 bridgehead atoms. The fourth-order valence-corrected chi connectivity index (χ4v) is 10.4. The van der Waals surface area contributed by atoms with Crippen LogP contribution in [0.5, 0.6) is 17.2 Å². The van der Waals surface area contributed by atoms with Gasteiger partial charge in [0.15, 0.2) is 17.3 Å². The maximum Gasteiger partial charge on any atom is 0.488 e. The van der Waals surface area contributed by atoms with E-state index < -0.39 is 55.4 Å². The van der Waals surface area contributed by atoms with Crippen molar-refractivity contribution in [3.8, 4) is 23.3 Å². The molecule has 24 heteroatoms. The number of carbonyl (C=O) groups excluding carboxylic acids is 2. The first-order chi connectivity index (χ1) is 31.9. The third-order valence-electron chi connectivity index (χ3n) is 13.0. The van der Waals surface area contributed by atoms with Crippen LogP contribution in [0.4, 0.5) is 19.7 Å². The Bertz CT molecular complexity index is 2900. The number of hydrogen-bond donors (Lipinski definition) is 3. The average molecular weight is 970 g/mol. The first kappa shape index (κ1) is 47.5. The molecule has 4 aromatic rings. The van der Waals surface area contributed by atoms with Crippen molar-refractivity contribution in [2.24, 2.45) is 0 Å². The summed E-state index contributed by atoms with van der Waals surface area (Å²) in [6.07, 6.45) is 2.84. The molecule has 5 heterocycles. The molecule has 2 amide bonds. The molecule has 8 rings (SSSR count). The number of anilines is 2. The van der Waals surface area contributed by atoms with Crippen LogP contribution in [-0.2, 0) is 35.0 Å². The van der Waals surface area contributed by atoms with E-state index in [1.807, 2.05) is 11.0 Å². The molecular formula is C43H49F2N9O11S2. The Kier molecular flexibility index (Phi) is 13.4. The number of ether oxygens (including phenoxy) is 2. The summed E-state index contributed by atoms with van der Waals surface area (Å²) in [4.78, 5) is 48.9. The van der Waals surface area contributed by atoms with Gasteiger partial charge in [-0.1, -0.05) is 16.9 Å². The zero-order valence-corrected chi connectivity index (χ0v) is 38.2. The number of hydrogen-bond acceptors (Lipinski definition) is 15. The van der Waals surface area contributed by atoms with Crippen molar-refractivity contribution >= 4 is 54.8 Å². The maximum absolute atomic E-state index is 15.1. The van der Waals surface area contributed by atoms with Crippen molar-refractivity contribution in [3.63, 3.8) is 0 Å². The second-order valence-corrected chi connectivity index (χ2v) is 19.8. The number of carbonyl (C=O) groups is 2. The number of nitrogens with one attached hydrogen (secondary N) is 2. The summed E-state index contributed by atoms with van der Waals surface area (Å²) in [5.41, 5.74) is -0.404. The minimum absolute atomic E-state index is 0.0140. The second-order valence-electron chi connectivity index (χ2n) is 17.0. The minimum atomic E-state index is -5.38. The molecule has 1 spiro atoms. The molecule has 358 valence electrons. The van der Waals surface area contributed by atoms with E-state index in [4.69, 9.17) is 13.7 Å². The lowest BCUT2D eigenvalue weighted by molar-refractivity contribution is -0.137. The number of halogens is 2. The molecule has 4 aliphatic rings. The zero-order chi connectivity index (χ0) is 47.8. The van der Waals surface area contributed by atoms with E-state index in [0.717, 1.165) is 16.4 Å². The predicted molar refractivity (Wildman–Crippen MR) is 238 cm³/mol. The summed E-state index contributed by atoms with van der Waals surface area (Å²) >= 11 is 0. The van der Waals surface area contributed by atoms with Gasteiger partial charge < -0.3 is 33.9 Å². The molecule has 2 atom stereocenters. The first-order valence-corrected chi connectivity index (χ1v) is 24.4. The van der Waals surface area contributed by atoms with Crippen LogP contribution in [0.25, 0.3) is 10.9 Å². The van der Waals surface area contributed by atoms with E-state index in [0.29, 0.717) is 75.1 Å². The Hall–Kier alpha value is -5.97. The SMILES string of the molecule is CCN(C)S(=O)(=O)Nc1ccc(F)c(Oc2ccc3ncn([C@H]4COC5(CCN(C(=O)CN6CCC(c7ccc(N8CCC(=O)NC8O)cc7OS(=O)(=O)F)CC6)CC5)C4)c(=O)c3c2)c1C#N. The van der Waals surface area contributed by atoms with Crippen LogP contribution in [0.3, 0.4) is 0 Å². The fourth-order valence-electron chi connectivity index (χ4n) is 9.13. The van der Waals surface area contributed by atoms with Crippen molar-refractivity contribution in [3.05, 3.63) is 82.2 Å². The molecule has 67 heavy (non-hydrogen) atoms. The van der Waals surface area contributed by atoms with Gasteiger partial charge >= 0.3 is 20.7 Å². The number of aromatic nitrogens is 2. The molecule has 4 aliphatic heterocycles. The highest BCUT2D eigenvalue weighted by Crippen LogP contribution is 2.42. The van der Waals surface area contributed by atoms with Crippen LogP contribution in [0.15, 0.2) is 59.7 Å². The Morgan fingerprint density at radius 1 is 1.07 bits per heavy atom. The molecule has 0 radical (unpaired) electrons. The number of aliphatic hydroxyl groups is 1. The number of aliphatic hydroxyl groups excluding tert-OH is 1. The molecule has 3 N–H and O–H groups in total. The van der Waals surface area contributed by atoms with Crippen molar-refractivity contribution < 1.29 is 53.5 Å². The van der Waals surface area contributed by atoms with Gasteiger partial charge in [-0.3, -0.25) is 28.6 Å². The molecule has 0 saturated carbocycles. The monoisotopic (exact) mass is 969 g/mol. The number of benzene rings is 3. The number of piperidine rings is 2. The molecule has 0 aliphatic carbocycles. The quantitative estimate of drug-likeness (QED) is 0.163. The van der Waals surface area contributed by atoms with Gasteiger partial charge in [0.05, 0.1) is 47.7 Å². The summed E-state index contributed by atoms with van der Waals surface area (Å²) in [5.74, 6) is -2.25. The lowest BCUT2D eigenvalue weighted by atomic mass is 9.87. The van der Waals surface area contributed by atoms with E-state index in [1.54, 1.807) is 24.0 Å². The smallest absolute Gasteiger partial charge is 0.453 e. The van der Waals surface area contributed by atoms with Gasteiger partial charge in [0.25, 0.3) is 5.56 Å². The Morgan fingerprint density at radius 2 is 1.82 bits per heavy atom. The van der Waals surface area contributed by atoms with E-state index in [-0.39, 0.29) is 79.0 Å². The minimum Gasteiger partial charge on any atom is -0.453 e.